The lowest BCUT2D eigenvalue weighted by Gasteiger charge is -2.29. The Morgan fingerprint density at radius 1 is 1.26 bits per heavy atom. The van der Waals surface area contributed by atoms with E-state index in [2.05, 4.69) is 15.0 Å². The van der Waals surface area contributed by atoms with Gasteiger partial charge in [-0.25, -0.2) is 13.1 Å². The molecule has 0 spiro atoms. The molecule has 0 bridgehead atoms. The zero-order valence-corrected chi connectivity index (χ0v) is 14.0. The number of nitrogens with one attached hydrogen (secondary N) is 2. The lowest BCUT2D eigenvalue weighted by molar-refractivity contribution is 0.0996. The topological polar surface area (TPSA) is 123 Å². The maximum absolute atomic E-state index is 11.3. The van der Waals surface area contributed by atoms with Gasteiger partial charge in [0, 0.05) is 12.1 Å². The summed E-state index contributed by atoms with van der Waals surface area (Å²) in [4.78, 5) is 15.5. The summed E-state index contributed by atoms with van der Waals surface area (Å²) in [6, 6.07) is 3.45. The number of hydrogen-bond acceptors (Lipinski definition) is 6. The van der Waals surface area contributed by atoms with Crippen molar-refractivity contribution >= 4 is 21.7 Å². The standard InChI is InChI=1S/C14H22N4O4S/c1-22-14-11(13(15)19)7-8-12(17-14)16-9-3-5-10(6-4-9)18-23(2,20)21/h7-10,18H,3-6H2,1-2H3,(H2,15,19)(H,16,17)/t9-,10-. The first-order valence-corrected chi connectivity index (χ1v) is 9.26. The van der Waals surface area contributed by atoms with Gasteiger partial charge in [-0.3, -0.25) is 4.79 Å². The third-order valence-corrected chi connectivity index (χ3v) is 4.54. The molecule has 0 unspecified atom stereocenters. The molecule has 8 nitrogen and oxygen atoms in total. The molecule has 4 N–H and O–H groups in total. The highest BCUT2D eigenvalue weighted by Crippen LogP contribution is 2.24. The number of carbonyl (C=O) groups is 1. The molecule has 0 radical (unpaired) electrons. The van der Waals surface area contributed by atoms with Crippen LogP contribution in [-0.2, 0) is 10.0 Å². The Hall–Kier alpha value is -1.87. The average Bonchev–Trinajstić information content (AvgIpc) is 2.47. The Balaban J connectivity index is 1.95. The van der Waals surface area contributed by atoms with Crippen LogP contribution in [0.25, 0.3) is 0 Å². The van der Waals surface area contributed by atoms with E-state index < -0.39 is 15.9 Å². The molecule has 1 heterocycles. The van der Waals surface area contributed by atoms with Gasteiger partial charge in [-0.2, -0.15) is 4.98 Å². The molecule has 1 aromatic heterocycles. The minimum Gasteiger partial charge on any atom is -0.480 e. The van der Waals surface area contributed by atoms with E-state index in [0.717, 1.165) is 25.7 Å². The van der Waals surface area contributed by atoms with Crippen LogP contribution in [0.3, 0.4) is 0 Å². The Kier molecular flexibility index (Phi) is 5.42. The van der Waals surface area contributed by atoms with Crippen molar-refractivity contribution in [1.29, 1.82) is 0 Å². The summed E-state index contributed by atoms with van der Waals surface area (Å²) in [5.41, 5.74) is 5.49. The third kappa shape index (κ3) is 5.07. The van der Waals surface area contributed by atoms with E-state index in [0.29, 0.717) is 5.82 Å². The molecular formula is C14H22N4O4S. The molecule has 0 aliphatic heterocycles. The maximum atomic E-state index is 11.3. The summed E-state index contributed by atoms with van der Waals surface area (Å²) < 4.78 is 30.2. The van der Waals surface area contributed by atoms with Crippen LogP contribution in [0.1, 0.15) is 36.0 Å². The number of hydrogen-bond donors (Lipinski definition) is 3. The first-order chi connectivity index (χ1) is 10.8. The van der Waals surface area contributed by atoms with E-state index in [1.54, 1.807) is 12.1 Å². The summed E-state index contributed by atoms with van der Waals surface area (Å²) >= 11 is 0. The van der Waals surface area contributed by atoms with Crippen molar-refractivity contribution < 1.29 is 17.9 Å². The first-order valence-electron chi connectivity index (χ1n) is 7.37. The number of ether oxygens (including phenoxy) is 1. The summed E-state index contributed by atoms with van der Waals surface area (Å²) in [5.74, 6) is 0.203. The second-order valence-electron chi connectivity index (χ2n) is 5.70. The normalized spacial score (nSPS) is 21.7. The van der Waals surface area contributed by atoms with Crippen LogP contribution in [0, 0.1) is 0 Å². The number of aromatic nitrogens is 1. The lowest BCUT2D eigenvalue weighted by atomic mass is 9.92. The molecule has 1 fully saturated rings. The number of rotatable bonds is 6. The minimum absolute atomic E-state index is 0.0113. The number of nitrogens with two attached hydrogens (primary N) is 1. The van der Waals surface area contributed by atoms with E-state index in [1.165, 1.54) is 13.4 Å². The van der Waals surface area contributed by atoms with E-state index in [1.807, 2.05) is 0 Å². The van der Waals surface area contributed by atoms with Gasteiger partial charge >= 0.3 is 0 Å². The van der Waals surface area contributed by atoms with Crippen molar-refractivity contribution in [3.05, 3.63) is 17.7 Å². The van der Waals surface area contributed by atoms with Crippen molar-refractivity contribution in [3.8, 4) is 5.88 Å². The van der Waals surface area contributed by atoms with Crippen molar-refractivity contribution in [2.75, 3.05) is 18.7 Å². The second kappa shape index (κ2) is 7.14. The number of anilines is 1. The number of sulfonamides is 1. The van der Waals surface area contributed by atoms with Gasteiger partial charge < -0.3 is 15.8 Å². The second-order valence-corrected chi connectivity index (χ2v) is 7.48. The zero-order valence-electron chi connectivity index (χ0n) is 13.2. The van der Waals surface area contributed by atoms with Crippen LogP contribution < -0.4 is 20.5 Å². The highest BCUT2D eigenvalue weighted by Gasteiger charge is 2.23. The molecule has 9 heteroatoms. The predicted octanol–water partition coefficient (Wildman–Crippen LogP) is 0.461. The van der Waals surface area contributed by atoms with Crippen LogP contribution in [0.4, 0.5) is 5.82 Å². The third-order valence-electron chi connectivity index (χ3n) is 3.78. The molecule has 1 amide bonds. The fourth-order valence-corrected chi connectivity index (χ4v) is 3.57. The van der Waals surface area contributed by atoms with Gasteiger partial charge in [0.25, 0.3) is 5.91 Å². The van der Waals surface area contributed by atoms with Gasteiger partial charge in [0.05, 0.1) is 13.4 Å². The van der Waals surface area contributed by atoms with Gasteiger partial charge in [-0.05, 0) is 37.8 Å². The number of carbonyl (C=O) groups excluding carboxylic acids is 1. The molecule has 2 rings (SSSR count). The molecule has 23 heavy (non-hydrogen) atoms. The molecule has 1 aromatic rings. The molecule has 1 aliphatic rings. The maximum Gasteiger partial charge on any atom is 0.254 e. The van der Waals surface area contributed by atoms with Crippen LogP contribution in [-0.4, -0.2) is 44.8 Å². The number of nitrogens with zero attached hydrogens (tertiary/aromatic N) is 1. The molecule has 0 atom stereocenters. The number of methoxy groups -OCH3 is 1. The van der Waals surface area contributed by atoms with Crippen LogP contribution >= 0.6 is 0 Å². The Bertz CT molecular complexity index is 669. The van der Waals surface area contributed by atoms with Crippen molar-refractivity contribution in [2.24, 2.45) is 5.73 Å². The molecule has 0 saturated heterocycles. The largest absolute Gasteiger partial charge is 0.480 e. The van der Waals surface area contributed by atoms with Crippen molar-refractivity contribution in [2.45, 2.75) is 37.8 Å². The van der Waals surface area contributed by atoms with Gasteiger partial charge in [0.2, 0.25) is 15.9 Å². The number of primary amides is 1. The van der Waals surface area contributed by atoms with Crippen LogP contribution in [0.2, 0.25) is 0 Å². The van der Waals surface area contributed by atoms with E-state index >= 15 is 0 Å². The van der Waals surface area contributed by atoms with Gasteiger partial charge in [0.1, 0.15) is 11.4 Å². The molecule has 128 valence electrons. The van der Waals surface area contributed by atoms with E-state index in [-0.39, 0.29) is 23.5 Å². The van der Waals surface area contributed by atoms with Gasteiger partial charge in [-0.15, -0.1) is 0 Å². The minimum atomic E-state index is -3.17. The predicted molar refractivity (Wildman–Crippen MR) is 87.0 cm³/mol. The van der Waals surface area contributed by atoms with E-state index in [4.69, 9.17) is 10.5 Å². The highest BCUT2D eigenvalue weighted by atomic mass is 32.2. The molecule has 1 aliphatic carbocycles. The Labute approximate surface area is 135 Å². The summed E-state index contributed by atoms with van der Waals surface area (Å²) in [5, 5.41) is 3.28. The molecular weight excluding hydrogens is 320 g/mol. The number of amides is 1. The Morgan fingerprint density at radius 3 is 2.39 bits per heavy atom. The van der Waals surface area contributed by atoms with Crippen LogP contribution in [0.15, 0.2) is 12.1 Å². The van der Waals surface area contributed by atoms with Crippen LogP contribution in [0.5, 0.6) is 5.88 Å². The highest BCUT2D eigenvalue weighted by molar-refractivity contribution is 7.88. The summed E-state index contributed by atoms with van der Waals surface area (Å²) in [7, 11) is -1.73. The Morgan fingerprint density at radius 2 is 1.87 bits per heavy atom. The average molecular weight is 342 g/mol. The fraction of sp³-hybridized carbons (Fsp3) is 0.571. The quantitative estimate of drug-likeness (QED) is 0.690. The monoisotopic (exact) mass is 342 g/mol. The summed E-state index contributed by atoms with van der Waals surface area (Å²) in [6.45, 7) is 0. The fourth-order valence-electron chi connectivity index (χ4n) is 2.73. The smallest absolute Gasteiger partial charge is 0.254 e. The molecule has 0 aromatic carbocycles. The van der Waals surface area contributed by atoms with Crippen molar-refractivity contribution in [1.82, 2.24) is 9.71 Å². The zero-order chi connectivity index (χ0) is 17.0. The summed E-state index contributed by atoms with van der Waals surface area (Å²) in [6.07, 6.45) is 4.36. The lowest BCUT2D eigenvalue weighted by Crippen LogP contribution is -2.39. The molecule has 1 saturated carbocycles. The van der Waals surface area contributed by atoms with Gasteiger partial charge in [0.15, 0.2) is 0 Å². The van der Waals surface area contributed by atoms with Gasteiger partial charge in [-0.1, -0.05) is 0 Å². The SMILES string of the molecule is COc1nc(N[C@H]2CC[C@H](NS(C)(=O)=O)CC2)ccc1C(N)=O. The van der Waals surface area contributed by atoms with E-state index in [9.17, 15) is 13.2 Å². The first kappa shape index (κ1) is 17.5. The van der Waals surface area contributed by atoms with Crippen molar-refractivity contribution in [3.63, 3.8) is 0 Å². The number of pyridine rings is 1.